The van der Waals surface area contributed by atoms with Gasteiger partial charge in [-0.1, -0.05) is 19.3 Å². The fourth-order valence-electron chi connectivity index (χ4n) is 3.86. The summed E-state index contributed by atoms with van der Waals surface area (Å²) in [4.78, 5) is 0. The van der Waals surface area contributed by atoms with E-state index in [0.29, 0.717) is 25.2 Å². The molecule has 4 nitrogen and oxygen atoms in total. The first-order valence-electron chi connectivity index (χ1n) is 7.97. The van der Waals surface area contributed by atoms with Crippen LogP contribution in [-0.2, 0) is 14.2 Å². The summed E-state index contributed by atoms with van der Waals surface area (Å²) in [7, 11) is 0. The van der Waals surface area contributed by atoms with Gasteiger partial charge < -0.3 is 19.9 Å². The van der Waals surface area contributed by atoms with E-state index in [9.17, 15) is 0 Å². The van der Waals surface area contributed by atoms with Crippen LogP contribution < -0.4 is 5.73 Å². The van der Waals surface area contributed by atoms with Gasteiger partial charge in [-0.05, 0) is 38.1 Å². The van der Waals surface area contributed by atoms with Crippen LogP contribution >= 0.6 is 0 Å². The molecule has 0 aromatic rings. The smallest absolute Gasteiger partial charge is 0.112 e. The van der Waals surface area contributed by atoms with E-state index in [-0.39, 0.29) is 18.3 Å². The molecule has 0 spiro atoms. The lowest BCUT2D eigenvalue weighted by molar-refractivity contribution is -0.0947. The van der Waals surface area contributed by atoms with Gasteiger partial charge in [-0.15, -0.1) is 0 Å². The number of ether oxygens (including phenoxy) is 3. The van der Waals surface area contributed by atoms with Crippen molar-refractivity contribution in [3.63, 3.8) is 0 Å². The van der Waals surface area contributed by atoms with Crippen molar-refractivity contribution in [1.29, 1.82) is 0 Å². The summed E-state index contributed by atoms with van der Waals surface area (Å²) in [5.74, 6) is 0.692. The predicted octanol–water partition coefficient (Wildman–Crippen LogP) is 1.86. The molecule has 0 bridgehead atoms. The highest BCUT2D eigenvalue weighted by atomic mass is 16.6. The van der Waals surface area contributed by atoms with Crippen LogP contribution in [0.3, 0.4) is 0 Å². The molecule has 3 rings (SSSR count). The van der Waals surface area contributed by atoms with Crippen LogP contribution in [0.5, 0.6) is 0 Å². The first-order valence-corrected chi connectivity index (χ1v) is 7.97. The Labute approximate surface area is 116 Å². The van der Waals surface area contributed by atoms with E-state index in [2.05, 4.69) is 0 Å². The quantitative estimate of drug-likeness (QED) is 0.827. The SMILES string of the molecule is NCCC(OC1COC2CCOC21)C1CCCCC1. The molecule has 3 aliphatic rings. The molecule has 2 heterocycles. The van der Waals surface area contributed by atoms with E-state index >= 15 is 0 Å². The van der Waals surface area contributed by atoms with Crippen molar-refractivity contribution in [2.45, 2.75) is 69.4 Å². The Hall–Kier alpha value is -0.160. The van der Waals surface area contributed by atoms with Crippen LogP contribution in [0.4, 0.5) is 0 Å². The van der Waals surface area contributed by atoms with Gasteiger partial charge in [-0.3, -0.25) is 0 Å². The molecule has 2 saturated heterocycles. The minimum atomic E-state index is 0.131. The van der Waals surface area contributed by atoms with Crippen LogP contribution in [-0.4, -0.2) is 44.2 Å². The lowest BCUT2D eigenvalue weighted by Gasteiger charge is -2.33. The Bertz CT molecular complexity index is 281. The van der Waals surface area contributed by atoms with Gasteiger partial charge in [0.05, 0.1) is 18.8 Å². The molecule has 4 atom stereocenters. The van der Waals surface area contributed by atoms with Crippen molar-refractivity contribution in [2.75, 3.05) is 19.8 Å². The van der Waals surface area contributed by atoms with Gasteiger partial charge in [0.2, 0.25) is 0 Å². The van der Waals surface area contributed by atoms with E-state index in [1.54, 1.807) is 0 Å². The molecule has 0 aromatic heterocycles. The topological polar surface area (TPSA) is 53.7 Å². The third kappa shape index (κ3) is 3.13. The summed E-state index contributed by atoms with van der Waals surface area (Å²) in [5, 5.41) is 0. The standard InChI is InChI=1S/C15H27NO3/c16-8-6-12(11-4-2-1-3-5-11)19-14-10-18-13-7-9-17-15(13)14/h11-15H,1-10,16H2. The van der Waals surface area contributed by atoms with Gasteiger partial charge in [0.15, 0.2) is 0 Å². The Morgan fingerprint density at radius 1 is 1.11 bits per heavy atom. The highest BCUT2D eigenvalue weighted by molar-refractivity contribution is 4.91. The number of hydrogen-bond acceptors (Lipinski definition) is 4. The Morgan fingerprint density at radius 2 is 1.95 bits per heavy atom. The summed E-state index contributed by atoms with van der Waals surface area (Å²) in [6, 6.07) is 0. The van der Waals surface area contributed by atoms with E-state index in [1.807, 2.05) is 0 Å². The fourth-order valence-corrected chi connectivity index (χ4v) is 3.86. The summed E-state index contributed by atoms with van der Waals surface area (Å²) >= 11 is 0. The van der Waals surface area contributed by atoms with Gasteiger partial charge in [0.25, 0.3) is 0 Å². The highest BCUT2D eigenvalue weighted by Gasteiger charge is 2.44. The van der Waals surface area contributed by atoms with Crippen LogP contribution in [0.2, 0.25) is 0 Å². The first kappa shape index (κ1) is 13.8. The molecular weight excluding hydrogens is 242 g/mol. The predicted molar refractivity (Wildman–Crippen MR) is 73.0 cm³/mol. The highest BCUT2D eigenvalue weighted by Crippen LogP contribution is 2.34. The number of nitrogens with two attached hydrogens (primary N) is 1. The molecule has 19 heavy (non-hydrogen) atoms. The van der Waals surface area contributed by atoms with Gasteiger partial charge in [-0.25, -0.2) is 0 Å². The largest absolute Gasteiger partial charge is 0.373 e. The third-order valence-corrected chi connectivity index (χ3v) is 4.90. The normalized spacial score (nSPS) is 37.4. The first-order chi connectivity index (χ1) is 9.38. The van der Waals surface area contributed by atoms with E-state index in [1.165, 1.54) is 32.1 Å². The Kier molecular flexibility index (Phi) is 4.74. The Morgan fingerprint density at radius 3 is 2.74 bits per heavy atom. The molecule has 2 aliphatic heterocycles. The summed E-state index contributed by atoms with van der Waals surface area (Å²) in [6.45, 7) is 2.23. The van der Waals surface area contributed by atoms with E-state index in [0.717, 1.165) is 19.4 Å². The minimum absolute atomic E-state index is 0.131. The maximum absolute atomic E-state index is 6.38. The minimum Gasteiger partial charge on any atom is -0.373 e. The molecular formula is C15H27NO3. The fraction of sp³-hybridized carbons (Fsp3) is 1.00. The van der Waals surface area contributed by atoms with Crippen molar-refractivity contribution in [2.24, 2.45) is 11.7 Å². The van der Waals surface area contributed by atoms with Crippen molar-refractivity contribution in [3.8, 4) is 0 Å². The number of rotatable bonds is 5. The second-order valence-electron chi connectivity index (χ2n) is 6.18. The average Bonchev–Trinajstić information content (AvgIpc) is 3.04. The van der Waals surface area contributed by atoms with Crippen LogP contribution in [0, 0.1) is 5.92 Å². The molecule has 4 unspecified atom stereocenters. The van der Waals surface area contributed by atoms with E-state index < -0.39 is 0 Å². The molecule has 1 aliphatic carbocycles. The molecule has 2 N–H and O–H groups in total. The third-order valence-electron chi connectivity index (χ3n) is 4.90. The summed E-state index contributed by atoms with van der Waals surface area (Å²) in [6.07, 6.45) is 9.55. The van der Waals surface area contributed by atoms with Crippen molar-refractivity contribution in [3.05, 3.63) is 0 Å². The zero-order valence-corrected chi connectivity index (χ0v) is 11.8. The van der Waals surface area contributed by atoms with Gasteiger partial charge in [-0.2, -0.15) is 0 Å². The van der Waals surface area contributed by atoms with Gasteiger partial charge in [0, 0.05) is 6.61 Å². The molecule has 1 saturated carbocycles. The second-order valence-corrected chi connectivity index (χ2v) is 6.18. The summed E-state index contributed by atoms with van der Waals surface area (Å²) in [5.41, 5.74) is 5.77. The van der Waals surface area contributed by atoms with Crippen molar-refractivity contribution >= 4 is 0 Å². The number of hydrogen-bond donors (Lipinski definition) is 1. The van der Waals surface area contributed by atoms with Gasteiger partial charge >= 0.3 is 0 Å². The zero-order chi connectivity index (χ0) is 13.1. The second kappa shape index (κ2) is 6.53. The molecule has 0 amide bonds. The average molecular weight is 269 g/mol. The van der Waals surface area contributed by atoms with E-state index in [4.69, 9.17) is 19.9 Å². The van der Waals surface area contributed by atoms with Crippen LogP contribution in [0.15, 0.2) is 0 Å². The molecule has 4 heteroatoms. The maximum Gasteiger partial charge on any atom is 0.112 e. The van der Waals surface area contributed by atoms with Crippen molar-refractivity contribution in [1.82, 2.24) is 0 Å². The lowest BCUT2D eigenvalue weighted by Crippen LogP contribution is -2.38. The maximum atomic E-state index is 6.38. The lowest BCUT2D eigenvalue weighted by atomic mass is 9.84. The van der Waals surface area contributed by atoms with Crippen LogP contribution in [0.25, 0.3) is 0 Å². The van der Waals surface area contributed by atoms with Crippen LogP contribution in [0.1, 0.15) is 44.9 Å². The number of fused-ring (bicyclic) bond motifs is 1. The molecule has 110 valence electrons. The Balaban J connectivity index is 1.57. The summed E-state index contributed by atoms with van der Waals surface area (Å²) < 4.78 is 17.9. The monoisotopic (exact) mass is 269 g/mol. The van der Waals surface area contributed by atoms with Gasteiger partial charge in [0.1, 0.15) is 12.2 Å². The van der Waals surface area contributed by atoms with Crippen molar-refractivity contribution < 1.29 is 14.2 Å². The molecule has 0 radical (unpaired) electrons. The molecule has 0 aromatic carbocycles. The molecule has 3 fully saturated rings. The zero-order valence-electron chi connectivity index (χ0n) is 11.8.